The summed E-state index contributed by atoms with van der Waals surface area (Å²) >= 11 is 0. The lowest BCUT2D eigenvalue weighted by atomic mass is 10.1. The number of nitrogens with two attached hydrogens (primary N) is 1. The van der Waals surface area contributed by atoms with Crippen molar-refractivity contribution in [3.8, 4) is 0 Å². The largest absolute Gasteiger partial charge is 0.459 e. The van der Waals surface area contributed by atoms with Crippen LogP contribution >= 0.6 is 0 Å². The lowest BCUT2D eigenvalue weighted by Crippen LogP contribution is -2.01. The van der Waals surface area contributed by atoms with E-state index in [0.29, 0.717) is 13.2 Å². The second kappa shape index (κ2) is 5.84. The molecule has 0 bridgehead atoms. The smallest absolute Gasteiger partial charge is 0.134 e. The summed E-state index contributed by atoms with van der Waals surface area (Å²) in [5.74, 6) is 0.836. The molecular weight excluding hydrogens is 214 g/mol. The van der Waals surface area contributed by atoms with Gasteiger partial charge >= 0.3 is 0 Å². The van der Waals surface area contributed by atoms with E-state index >= 15 is 0 Å². The molecule has 1 aromatic heterocycles. The maximum absolute atomic E-state index is 5.70. The minimum Gasteiger partial charge on any atom is -0.459 e. The molecule has 0 saturated carbocycles. The average molecular weight is 233 g/mol. The fourth-order valence-corrected chi connectivity index (χ4v) is 1.89. The first-order valence-corrected chi connectivity index (χ1v) is 6.14. The van der Waals surface area contributed by atoms with Gasteiger partial charge in [0.1, 0.15) is 11.3 Å². The third kappa shape index (κ3) is 2.68. The highest BCUT2D eigenvalue weighted by molar-refractivity contribution is 5.82. The summed E-state index contributed by atoms with van der Waals surface area (Å²) in [6.45, 7) is 3.95. The van der Waals surface area contributed by atoms with Crippen molar-refractivity contribution >= 4 is 11.0 Å². The van der Waals surface area contributed by atoms with Crippen molar-refractivity contribution in [2.24, 2.45) is 5.73 Å². The second-order valence-corrected chi connectivity index (χ2v) is 4.11. The maximum atomic E-state index is 5.70. The van der Waals surface area contributed by atoms with Crippen LogP contribution in [-0.4, -0.2) is 6.61 Å². The number of hydrogen-bond donors (Lipinski definition) is 1. The van der Waals surface area contributed by atoms with Gasteiger partial charge in [0.25, 0.3) is 0 Å². The Kier molecular flexibility index (Phi) is 4.18. The van der Waals surface area contributed by atoms with Gasteiger partial charge in [-0.25, -0.2) is 0 Å². The van der Waals surface area contributed by atoms with Crippen LogP contribution in [0.15, 0.2) is 28.7 Å². The summed E-state index contributed by atoms with van der Waals surface area (Å²) in [6.07, 6.45) is 2.24. The summed E-state index contributed by atoms with van der Waals surface area (Å²) in [6, 6.07) is 7.99. The molecule has 0 unspecified atom stereocenters. The molecule has 0 aliphatic rings. The average Bonchev–Trinajstić information content (AvgIpc) is 2.73. The van der Waals surface area contributed by atoms with Gasteiger partial charge in [-0.1, -0.05) is 31.5 Å². The predicted octanol–water partition coefficient (Wildman–Crippen LogP) is 3.21. The zero-order valence-electron chi connectivity index (χ0n) is 10.2. The summed E-state index contributed by atoms with van der Waals surface area (Å²) in [4.78, 5) is 0. The molecule has 0 amide bonds. The predicted molar refractivity (Wildman–Crippen MR) is 68.7 cm³/mol. The van der Waals surface area contributed by atoms with E-state index in [4.69, 9.17) is 14.9 Å². The molecule has 0 aliphatic carbocycles. The van der Waals surface area contributed by atoms with E-state index in [9.17, 15) is 0 Å². The van der Waals surface area contributed by atoms with Crippen LogP contribution in [0.4, 0.5) is 0 Å². The fourth-order valence-electron chi connectivity index (χ4n) is 1.89. The Hall–Kier alpha value is -1.32. The Bertz CT molecular complexity index is 476. The van der Waals surface area contributed by atoms with Gasteiger partial charge in [0.2, 0.25) is 0 Å². The highest BCUT2D eigenvalue weighted by Crippen LogP contribution is 2.26. The van der Waals surface area contributed by atoms with Gasteiger partial charge in [-0.2, -0.15) is 0 Å². The zero-order chi connectivity index (χ0) is 12.1. The molecule has 0 atom stereocenters. The monoisotopic (exact) mass is 233 g/mol. The topological polar surface area (TPSA) is 48.4 Å². The first-order chi connectivity index (χ1) is 8.36. The molecular formula is C14H19NO2. The van der Waals surface area contributed by atoms with Gasteiger partial charge in [0, 0.05) is 17.6 Å². The molecule has 0 fully saturated rings. The molecule has 3 nitrogen and oxygen atoms in total. The van der Waals surface area contributed by atoms with Crippen molar-refractivity contribution in [1.29, 1.82) is 0 Å². The van der Waals surface area contributed by atoms with Gasteiger partial charge < -0.3 is 14.9 Å². The molecule has 92 valence electrons. The summed E-state index contributed by atoms with van der Waals surface area (Å²) < 4.78 is 11.4. The molecule has 0 radical (unpaired) electrons. The van der Waals surface area contributed by atoms with Crippen LogP contribution in [0.3, 0.4) is 0 Å². The first kappa shape index (κ1) is 12.1. The van der Waals surface area contributed by atoms with E-state index in [-0.39, 0.29) is 0 Å². The standard InChI is InChI=1S/C14H19NO2/c1-2-3-8-16-10-12-11-6-4-5-7-13(11)17-14(12)9-15/h4-7H,2-3,8-10,15H2,1H3. The molecule has 0 spiro atoms. The number of rotatable bonds is 6. The number of unbranched alkanes of at least 4 members (excludes halogenated alkanes) is 1. The quantitative estimate of drug-likeness (QED) is 0.779. The van der Waals surface area contributed by atoms with Crippen molar-refractivity contribution in [3.63, 3.8) is 0 Å². The van der Waals surface area contributed by atoms with Crippen LogP contribution in [0.2, 0.25) is 0 Å². The fraction of sp³-hybridized carbons (Fsp3) is 0.429. The van der Waals surface area contributed by atoms with Crippen molar-refractivity contribution < 1.29 is 9.15 Å². The first-order valence-electron chi connectivity index (χ1n) is 6.14. The van der Waals surface area contributed by atoms with Crippen molar-refractivity contribution in [2.45, 2.75) is 32.9 Å². The lowest BCUT2D eigenvalue weighted by Gasteiger charge is -2.03. The van der Waals surface area contributed by atoms with Gasteiger partial charge in [0.15, 0.2) is 0 Å². The van der Waals surface area contributed by atoms with Crippen LogP contribution in [0, 0.1) is 0 Å². The molecule has 2 rings (SSSR count). The van der Waals surface area contributed by atoms with Gasteiger partial charge in [-0.3, -0.25) is 0 Å². The maximum Gasteiger partial charge on any atom is 0.134 e. The number of hydrogen-bond acceptors (Lipinski definition) is 3. The number of furan rings is 1. The van der Waals surface area contributed by atoms with E-state index in [1.807, 2.05) is 18.2 Å². The molecule has 17 heavy (non-hydrogen) atoms. The molecule has 1 heterocycles. The minimum atomic E-state index is 0.418. The van der Waals surface area contributed by atoms with Crippen LogP contribution in [0.25, 0.3) is 11.0 Å². The molecule has 1 aromatic carbocycles. The molecule has 3 heteroatoms. The van der Waals surface area contributed by atoms with Crippen LogP contribution in [0.1, 0.15) is 31.1 Å². The van der Waals surface area contributed by atoms with E-state index < -0.39 is 0 Å². The molecule has 0 aliphatic heterocycles. The van der Waals surface area contributed by atoms with Crippen molar-refractivity contribution in [1.82, 2.24) is 0 Å². The number of para-hydroxylation sites is 1. The van der Waals surface area contributed by atoms with Crippen LogP contribution in [-0.2, 0) is 17.9 Å². The lowest BCUT2D eigenvalue weighted by molar-refractivity contribution is 0.117. The molecule has 2 aromatic rings. The van der Waals surface area contributed by atoms with Gasteiger partial charge in [-0.05, 0) is 12.5 Å². The normalized spacial score (nSPS) is 11.2. The third-order valence-corrected chi connectivity index (χ3v) is 2.86. The Morgan fingerprint density at radius 2 is 2.12 bits per heavy atom. The van der Waals surface area contributed by atoms with Crippen LogP contribution in [0.5, 0.6) is 0 Å². The zero-order valence-corrected chi connectivity index (χ0v) is 10.2. The van der Waals surface area contributed by atoms with E-state index in [0.717, 1.165) is 41.7 Å². The molecule has 2 N–H and O–H groups in total. The third-order valence-electron chi connectivity index (χ3n) is 2.86. The number of benzene rings is 1. The van der Waals surface area contributed by atoms with E-state index in [1.165, 1.54) is 0 Å². The highest BCUT2D eigenvalue weighted by Gasteiger charge is 2.12. The summed E-state index contributed by atoms with van der Waals surface area (Å²) in [7, 11) is 0. The van der Waals surface area contributed by atoms with Crippen molar-refractivity contribution in [3.05, 3.63) is 35.6 Å². The minimum absolute atomic E-state index is 0.418. The molecule has 0 saturated heterocycles. The van der Waals surface area contributed by atoms with Gasteiger partial charge in [0.05, 0.1) is 13.2 Å². The Morgan fingerprint density at radius 1 is 1.29 bits per heavy atom. The summed E-state index contributed by atoms with van der Waals surface area (Å²) in [5.41, 5.74) is 7.68. The van der Waals surface area contributed by atoms with Crippen LogP contribution < -0.4 is 5.73 Å². The Labute approximate surface area is 102 Å². The van der Waals surface area contributed by atoms with E-state index in [2.05, 4.69) is 13.0 Å². The Balaban J connectivity index is 2.18. The van der Waals surface area contributed by atoms with E-state index in [1.54, 1.807) is 0 Å². The van der Waals surface area contributed by atoms with Gasteiger partial charge in [-0.15, -0.1) is 0 Å². The summed E-state index contributed by atoms with van der Waals surface area (Å²) in [5, 5.41) is 1.12. The van der Waals surface area contributed by atoms with Crippen molar-refractivity contribution in [2.75, 3.05) is 6.61 Å². The Morgan fingerprint density at radius 3 is 2.88 bits per heavy atom. The SMILES string of the molecule is CCCCOCc1c(CN)oc2ccccc12. The number of ether oxygens (including phenoxy) is 1. The second-order valence-electron chi connectivity index (χ2n) is 4.11. The number of fused-ring (bicyclic) bond motifs is 1. The highest BCUT2D eigenvalue weighted by atomic mass is 16.5.